The lowest BCUT2D eigenvalue weighted by molar-refractivity contribution is -0.201. The maximum absolute atomic E-state index is 13.5. The van der Waals surface area contributed by atoms with Crippen molar-refractivity contribution in [2.45, 2.75) is 36.0 Å². The highest BCUT2D eigenvalue weighted by atomic mass is 19.4. The average Bonchev–Trinajstić information content (AvgIpc) is 2.52. The van der Waals surface area contributed by atoms with E-state index < -0.39 is 70.5 Å². The standard InChI is InChI=1S/C16H14F12N4O/c17-13(18,19)7-5(1-3-11(29,30)9(7)15(23,24)25)33-6-2-4-12(31,32)10(16(26,27)28)8(6)14(20,21)22/h1-4,9-10H,29-32H2. The van der Waals surface area contributed by atoms with Gasteiger partial charge < -0.3 is 27.7 Å². The summed E-state index contributed by atoms with van der Waals surface area (Å²) in [7, 11) is 0. The molecule has 17 heteroatoms. The molecule has 0 aromatic carbocycles. The minimum Gasteiger partial charge on any atom is -0.457 e. The van der Waals surface area contributed by atoms with Gasteiger partial charge in [0.25, 0.3) is 0 Å². The Kier molecular flexibility index (Phi) is 6.25. The van der Waals surface area contributed by atoms with E-state index in [1.807, 2.05) is 0 Å². The van der Waals surface area contributed by atoms with E-state index >= 15 is 0 Å². The molecule has 0 bridgehead atoms. The van der Waals surface area contributed by atoms with Gasteiger partial charge in [0, 0.05) is 0 Å². The SMILES string of the molecule is NC1(N)C=CC(OC2=C(C(F)(F)F)C(C(F)(F)F)C(N)(N)C=C2)=C(C(F)(F)F)C1C(F)(F)F. The molecule has 0 aromatic heterocycles. The van der Waals surface area contributed by atoms with Crippen LogP contribution in [0.3, 0.4) is 0 Å². The van der Waals surface area contributed by atoms with Crippen LogP contribution < -0.4 is 22.9 Å². The number of hydrogen-bond acceptors (Lipinski definition) is 5. The van der Waals surface area contributed by atoms with Crippen LogP contribution in [0.25, 0.3) is 0 Å². The predicted octanol–water partition coefficient (Wildman–Crippen LogP) is 3.36. The lowest BCUT2D eigenvalue weighted by atomic mass is 9.80. The first kappa shape index (κ1) is 27.0. The van der Waals surface area contributed by atoms with Gasteiger partial charge in [-0.15, -0.1) is 0 Å². The van der Waals surface area contributed by atoms with Crippen LogP contribution in [0.4, 0.5) is 52.7 Å². The van der Waals surface area contributed by atoms with Crippen molar-refractivity contribution in [1.82, 2.24) is 0 Å². The molecule has 0 aromatic rings. The molecule has 188 valence electrons. The third-order valence-corrected chi connectivity index (χ3v) is 4.64. The Balaban J connectivity index is 2.83. The first-order chi connectivity index (χ1) is 14.4. The fraction of sp³-hybridized carbons (Fsp3) is 0.500. The molecular formula is C16H14F12N4O. The summed E-state index contributed by atoms with van der Waals surface area (Å²) in [4.78, 5) is 0. The number of ether oxygens (including phenoxy) is 1. The van der Waals surface area contributed by atoms with Gasteiger partial charge in [0.05, 0.1) is 22.5 Å². The topological polar surface area (TPSA) is 113 Å². The molecule has 0 saturated carbocycles. The van der Waals surface area contributed by atoms with Crippen LogP contribution in [0.5, 0.6) is 0 Å². The van der Waals surface area contributed by atoms with E-state index in [2.05, 4.69) is 4.74 Å². The predicted molar refractivity (Wildman–Crippen MR) is 86.8 cm³/mol. The van der Waals surface area contributed by atoms with Gasteiger partial charge in [-0.3, -0.25) is 0 Å². The van der Waals surface area contributed by atoms with E-state index in [9.17, 15) is 52.7 Å². The Morgan fingerprint density at radius 2 is 0.848 bits per heavy atom. The Labute approximate surface area is 176 Å². The van der Waals surface area contributed by atoms with Crippen molar-refractivity contribution in [3.8, 4) is 0 Å². The van der Waals surface area contributed by atoms with Crippen LogP contribution >= 0.6 is 0 Å². The largest absolute Gasteiger partial charge is 0.457 e. The normalized spacial score (nSPS) is 26.2. The molecular weight excluding hydrogens is 492 g/mol. The molecule has 0 amide bonds. The Bertz CT molecular complexity index is 842. The molecule has 2 aliphatic carbocycles. The van der Waals surface area contributed by atoms with Gasteiger partial charge in [-0.05, 0) is 24.3 Å². The molecule has 0 spiro atoms. The summed E-state index contributed by atoms with van der Waals surface area (Å²) < 4.78 is 166. The maximum Gasteiger partial charge on any atom is 0.416 e. The molecule has 0 fully saturated rings. The maximum atomic E-state index is 13.5. The first-order valence-corrected chi connectivity index (χ1v) is 8.38. The first-order valence-electron chi connectivity index (χ1n) is 8.38. The van der Waals surface area contributed by atoms with Crippen molar-refractivity contribution >= 4 is 0 Å². The molecule has 0 heterocycles. The molecule has 2 atom stereocenters. The number of halogens is 12. The van der Waals surface area contributed by atoms with Crippen molar-refractivity contribution in [1.29, 1.82) is 0 Å². The van der Waals surface area contributed by atoms with Gasteiger partial charge in [-0.25, -0.2) is 0 Å². The number of rotatable bonds is 2. The lowest BCUT2D eigenvalue weighted by Crippen LogP contribution is -2.62. The molecule has 0 saturated heterocycles. The van der Waals surface area contributed by atoms with Crippen LogP contribution in [0.15, 0.2) is 47.0 Å². The molecule has 33 heavy (non-hydrogen) atoms. The van der Waals surface area contributed by atoms with E-state index in [1.54, 1.807) is 0 Å². The second-order valence-electron chi connectivity index (χ2n) is 7.27. The van der Waals surface area contributed by atoms with Gasteiger partial charge in [-0.1, -0.05) is 0 Å². The van der Waals surface area contributed by atoms with E-state index in [-0.39, 0.29) is 24.3 Å². The van der Waals surface area contributed by atoms with E-state index in [0.29, 0.717) is 0 Å². The second-order valence-corrected chi connectivity index (χ2v) is 7.27. The average molecular weight is 506 g/mol. The fourth-order valence-electron chi connectivity index (χ4n) is 3.39. The van der Waals surface area contributed by atoms with Crippen molar-refractivity contribution in [3.05, 3.63) is 47.0 Å². The minimum atomic E-state index is -5.92. The summed E-state index contributed by atoms with van der Waals surface area (Å²) in [6, 6.07) is 0. The van der Waals surface area contributed by atoms with Gasteiger partial charge in [-0.2, -0.15) is 52.7 Å². The van der Waals surface area contributed by atoms with E-state index in [0.717, 1.165) is 0 Å². The Hall–Kier alpha value is -2.24. The van der Waals surface area contributed by atoms with E-state index in [1.165, 1.54) is 0 Å². The van der Waals surface area contributed by atoms with E-state index in [4.69, 9.17) is 22.9 Å². The zero-order valence-electron chi connectivity index (χ0n) is 15.7. The summed E-state index contributed by atoms with van der Waals surface area (Å²) in [5, 5.41) is 0. The lowest BCUT2D eigenvalue weighted by Gasteiger charge is -2.40. The summed E-state index contributed by atoms with van der Waals surface area (Å²) in [6.45, 7) is 0. The highest BCUT2D eigenvalue weighted by molar-refractivity contribution is 5.43. The van der Waals surface area contributed by atoms with Crippen LogP contribution in [0.1, 0.15) is 0 Å². The van der Waals surface area contributed by atoms with Crippen molar-refractivity contribution in [3.63, 3.8) is 0 Å². The van der Waals surface area contributed by atoms with Gasteiger partial charge in [0.15, 0.2) is 0 Å². The monoisotopic (exact) mass is 506 g/mol. The number of hydrogen-bond donors (Lipinski definition) is 4. The quantitative estimate of drug-likeness (QED) is 0.339. The zero-order chi connectivity index (χ0) is 26.0. The third-order valence-electron chi connectivity index (χ3n) is 4.64. The number of allylic oxidation sites excluding steroid dienone is 2. The van der Waals surface area contributed by atoms with Crippen LogP contribution in [-0.4, -0.2) is 36.0 Å². The van der Waals surface area contributed by atoms with Gasteiger partial charge in [0.2, 0.25) is 0 Å². The zero-order valence-corrected chi connectivity index (χ0v) is 15.7. The third kappa shape index (κ3) is 5.30. The molecule has 0 aliphatic heterocycles. The van der Waals surface area contributed by atoms with Crippen LogP contribution in [0.2, 0.25) is 0 Å². The van der Waals surface area contributed by atoms with Crippen molar-refractivity contribution in [2.24, 2.45) is 34.8 Å². The molecule has 2 rings (SSSR count). The van der Waals surface area contributed by atoms with Crippen molar-refractivity contribution < 1.29 is 57.4 Å². The smallest absolute Gasteiger partial charge is 0.416 e. The minimum absolute atomic E-state index is 0.0786. The van der Waals surface area contributed by atoms with Crippen molar-refractivity contribution in [2.75, 3.05) is 0 Å². The molecule has 2 unspecified atom stereocenters. The highest BCUT2D eigenvalue weighted by Gasteiger charge is 2.62. The fourth-order valence-corrected chi connectivity index (χ4v) is 3.39. The highest BCUT2D eigenvalue weighted by Crippen LogP contribution is 2.51. The van der Waals surface area contributed by atoms with Crippen LogP contribution in [0, 0.1) is 11.8 Å². The second kappa shape index (κ2) is 7.64. The molecule has 8 N–H and O–H groups in total. The Morgan fingerprint density at radius 1 is 0.576 bits per heavy atom. The van der Waals surface area contributed by atoms with Gasteiger partial charge >= 0.3 is 24.7 Å². The summed E-state index contributed by atoms with van der Waals surface area (Å²) >= 11 is 0. The van der Waals surface area contributed by atoms with Crippen LogP contribution in [-0.2, 0) is 4.74 Å². The molecule has 0 radical (unpaired) electrons. The Morgan fingerprint density at radius 3 is 1.06 bits per heavy atom. The number of nitrogens with two attached hydrogens (primary N) is 4. The van der Waals surface area contributed by atoms with Gasteiger partial charge in [0.1, 0.15) is 23.4 Å². The summed E-state index contributed by atoms with van der Waals surface area (Å²) in [5.74, 6) is -11.3. The molecule has 2 aliphatic rings. The summed E-state index contributed by atoms with van der Waals surface area (Å²) in [5.41, 5.74) is 8.67. The number of alkyl halides is 12. The summed E-state index contributed by atoms with van der Waals surface area (Å²) in [6.07, 6.45) is -22.9. The molecule has 5 nitrogen and oxygen atoms in total.